The summed E-state index contributed by atoms with van der Waals surface area (Å²) in [6.45, 7) is 2.27. The smallest absolute Gasteiger partial charge is 0.261 e. The van der Waals surface area contributed by atoms with Gasteiger partial charge in [0.2, 0.25) is 11.8 Å². The highest BCUT2D eigenvalue weighted by Gasteiger charge is 2.35. The monoisotopic (exact) mass is 593 g/mol. The van der Waals surface area contributed by atoms with E-state index in [9.17, 15) is 18.4 Å². The van der Waals surface area contributed by atoms with Gasteiger partial charge in [0.1, 0.15) is 0 Å². The number of carbonyl (C=O) groups excluding carboxylic acids is 2. The number of aromatic nitrogens is 3. The Labute approximate surface area is 244 Å². The molecule has 0 radical (unpaired) electrons. The van der Waals surface area contributed by atoms with E-state index in [1.54, 1.807) is 31.0 Å². The van der Waals surface area contributed by atoms with Crippen LogP contribution < -0.4 is 5.32 Å². The minimum absolute atomic E-state index is 0.0202. The van der Waals surface area contributed by atoms with Gasteiger partial charge in [-0.15, -0.1) is 21.5 Å². The third-order valence-corrected chi connectivity index (χ3v) is 8.66. The zero-order valence-electron chi connectivity index (χ0n) is 23.2. The number of fused-ring (bicyclic) bond motifs is 1. The van der Waals surface area contributed by atoms with Gasteiger partial charge in [-0.1, -0.05) is 25.3 Å². The van der Waals surface area contributed by atoms with Gasteiger partial charge in [0.05, 0.1) is 46.6 Å². The maximum absolute atomic E-state index is 13.6. The zero-order valence-corrected chi connectivity index (χ0v) is 24.0. The molecule has 0 atom stereocenters. The molecule has 12 heteroatoms. The van der Waals surface area contributed by atoms with Gasteiger partial charge < -0.3 is 19.4 Å². The molecule has 218 valence electrons. The van der Waals surface area contributed by atoms with Crippen molar-refractivity contribution in [3.05, 3.63) is 75.2 Å². The topological polar surface area (TPSA) is 110 Å². The number of ether oxygens (including phenoxy) is 1. The molecule has 4 aromatic rings. The van der Waals surface area contributed by atoms with E-state index in [4.69, 9.17) is 14.1 Å². The maximum atomic E-state index is 13.6. The lowest BCUT2D eigenvalue weighted by atomic mass is 9.96. The third kappa shape index (κ3) is 5.56. The average Bonchev–Trinajstić information content (AvgIpc) is 3.71. The fraction of sp³-hybridized carbons (Fsp3) is 0.367. The normalized spacial score (nSPS) is 15.3. The highest BCUT2D eigenvalue weighted by Crippen LogP contribution is 2.43. The Morgan fingerprint density at radius 2 is 1.90 bits per heavy atom. The highest BCUT2D eigenvalue weighted by molar-refractivity contribution is 7.17. The van der Waals surface area contributed by atoms with Gasteiger partial charge >= 0.3 is 0 Å². The number of thiophene rings is 1. The summed E-state index contributed by atoms with van der Waals surface area (Å²) in [6.07, 6.45) is 5.56. The maximum Gasteiger partial charge on any atom is 0.261 e. The highest BCUT2D eigenvalue weighted by atomic mass is 32.1. The van der Waals surface area contributed by atoms with Crippen LogP contribution in [0.2, 0.25) is 0 Å². The molecule has 2 aliphatic rings. The summed E-state index contributed by atoms with van der Waals surface area (Å²) in [5.41, 5.74) is 3.17. The van der Waals surface area contributed by atoms with Gasteiger partial charge in [-0.2, -0.15) is 0 Å². The number of rotatable bonds is 8. The Morgan fingerprint density at radius 1 is 1.10 bits per heavy atom. The van der Waals surface area contributed by atoms with Crippen LogP contribution in [0.25, 0.3) is 21.9 Å². The largest absolute Gasteiger partial charge is 0.421 e. The Balaban J connectivity index is 1.38. The van der Waals surface area contributed by atoms with Crippen LogP contribution in [0, 0.1) is 18.6 Å². The van der Waals surface area contributed by atoms with E-state index >= 15 is 0 Å². The number of halogens is 2. The zero-order chi connectivity index (χ0) is 29.4. The molecule has 1 fully saturated rings. The van der Waals surface area contributed by atoms with E-state index in [0.717, 1.165) is 37.8 Å². The van der Waals surface area contributed by atoms with Gasteiger partial charge in [-0.25, -0.2) is 8.78 Å². The minimum Gasteiger partial charge on any atom is -0.421 e. The van der Waals surface area contributed by atoms with Crippen molar-refractivity contribution in [2.24, 2.45) is 0 Å². The first-order valence-electron chi connectivity index (χ1n) is 13.8. The van der Waals surface area contributed by atoms with Crippen molar-refractivity contribution in [3.8, 4) is 21.9 Å². The van der Waals surface area contributed by atoms with Crippen molar-refractivity contribution in [3.63, 3.8) is 0 Å². The Morgan fingerprint density at radius 3 is 2.64 bits per heavy atom. The number of hydrogen-bond donors (Lipinski definition) is 1. The van der Waals surface area contributed by atoms with Crippen LogP contribution in [0.1, 0.15) is 75.0 Å². The first-order chi connectivity index (χ1) is 20.3. The van der Waals surface area contributed by atoms with Crippen molar-refractivity contribution >= 4 is 23.2 Å². The summed E-state index contributed by atoms with van der Waals surface area (Å²) in [5, 5.41) is 11.0. The number of pyridine rings is 1. The van der Waals surface area contributed by atoms with E-state index in [1.807, 2.05) is 0 Å². The average molecular weight is 594 g/mol. The van der Waals surface area contributed by atoms with Crippen LogP contribution >= 0.6 is 11.3 Å². The van der Waals surface area contributed by atoms with Gasteiger partial charge in [0.15, 0.2) is 11.6 Å². The first kappa shape index (κ1) is 28.1. The molecular weight excluding hydrogens is 564 g/mol. The predicted octanol–water partition coefficient (Wildman–Crippen LogP) is 5.81. The van der Waals surface area contributed by atoms with Crippen molar-refractivity contribution in [2.75, 3.05) is 7.05 Å². The number of nitrogens with one attached hydrogen (secondary N) is 1. The molecule has 6 rings (SSSR count). The van der Waals surface area contributed by atoms with E-state index in [0.29, 0.717) is 55.8 Å². The van der Waals surface area contributed by atoms with Crippen molar-refractivity contribution in [2.45, 2.75) is 64.8 Å². The van der Waals surface area contributed by atoms with Crippen LogP contribution in [-0.4, -0.2) is 45.0 Å². The molecule has 1 N–H and O–H groups in total. The minimum atomic E-state index is -0.978. The van der Waals surface area contributed by atoms with E-state index in [2.05, 4.69) is 15.5 Å². The summed E-state index contributed by atoms with van der Waals surface area (Å²) < 4.78 is 39.1. The number of aryl methyl sites for hydroxylation is 1. The molecular formula is C30H29F2N5O4S. The summed E-state index contributed by atoms with van der Waals surface area (Å²) >= 11 is 1.20. The van der Waals surface area contributed by atoms with Crippen LogP contribution in [0.15, 0.2) is 34.7 Å². The quantitative estimate of drug-likeness (QED) is 0.274. The second-order valence-corrected chi connectivity index (χ2v) is 11.7. The summed E-state index contributed by atoms with van der Waals surface area (Å²) in [4.78, 5) is 34.0. The lowest BCUT2D eigenvalue weighted by molar-refractivity contribution is 0.0154. The fourth-order valence-corrected chi connectivity index (χ4v) is 6.42. The molecule has 2 amide bonds. The van der Waals surface area contributed by atoms with Gasteiger partial charge in [-0.05, 0) is 42.7 Å². The molecule has 0 unspecified atom stereocenters. The van der Waals surface area contributed by atoms with E-state index < -0.39 is 11.6 Å². The Kier molecular flexibility index (Phi) is 7.82. The molecule has 1 aromatic carbocycles. The molecule has 1 aliphatic heterocycles. The number of hydrogen-bond acceptors (Lipinski definition) is 8. The van der Waals surface area contributed by atoms with Crippen LogP contribution in [0.4, 0.5) is 8.78 Å². The SMILES string of the molecule is Cc1nnc(-c2c(COC3CCCCC3)nc3c(c2-c2ccc(C(=O)NCc4ccc(F)c(F)c4)s2)C(=O)N(C)C3)o1. The van der Waals surface area contributed by atoms with Crippen molar-refractivity contribution < 1.29 is 27.5 Å². The van der Waals surface area contributed by atoms with E-state index in [1.165, 1.54) is 23.8 Å². The molecule has 1 aliphatic carbocycles. The first-order valence-corrected chi connectivity index (χ1v) is 14.7. The molecule has 1 saturated carbocycles. The molecule has 0 saturated heterocycles. The van der Waals surface area contributed by atoms with Gasteiger partial charge in [0, 0.05) is 31.0 Å². The van der Waals surface area contributed by atoms with Crippen molar-refractivity contribution in [1.82, 2.24) is 25.4 Å². The Hall–Kier alpha value is -4.03. The number of carbonyl (C=O) groups is 2. The molecule has 9 nitrogen and oxygen atoms in total. The second kappa shape index (κ2) is 11.7. The van der Waals surface area contributed by atoms with Crippen LogP contribution in [-0.2, 0) is 24.4 Å². The van der Waals surface area contributed by atoms with Crippen LogP contribution in [0.3, 0.4) is 0 Å². The second-order valence-electron chi connectivity index (χ2n) is 10.6. The third-order valence-electron chi connectivity index (χ3n) is 7.56. The number of benzene rings is 1. The van der Waals surface area contributed by atoms with E-state index in [-0.39, 0.29) is 37.0 Å². The standard InChI is InChI=1S/C30H29F2N5O4S/c1-16-35-36-29(41-16)25-22(15-40-18-6-4-3-5-7-18)34-21-14-37(2)30(39)26(21)27(25)23-10-11-24(42-23)28(38)33-13-17-8-9-19(31)20(32)12-17/h8-12,18H,3-7,13-15H2,1-2H3,(H,33,38). The molecule has 3 aromatic heterocycles. The summed E-state index contributed by atoms with van der Waals surface area (Å²) in [7, 11) is 1.72. The van der Waals surface area contributed by atoms with Gasteiger partial charge in [0.25, 0.3) is 11.8 Å². The fourth-order valence-electron chi connectivity index (χ4n) is 5.44. The molecule has 42 heavy (non-hydrogen) atoms. The predicted molar refractivity (Wildman–Crippen MR) is 151 cm³/mol. The number of nitrogens with zero attached hydrogens (tertiary/aromatic N) is 4. The summed E-state index contributed by atoms with van der Waals surface area (Å²) in [6, 6.07) is 6.92. The van der Waals surface area contributed by atoms with Crippen molar-refractivity contribution in [1.29, 1.82) is 0 Å². The van der Waals surface area contributed by atoms with Crippen LogP contribution in [0.5, 0.6) is 0 Å². The summed E-state index contributed by atoms with van der Waals surface area (Å²) in [5.74, 6) is -1.92. The molecule has 0 spiro atoms. The van der Waals surface area contributed by atoms with Gasteiger partial charge in [-0.3, -0.25) is 14.6 Å². The lowest BCUT2D eigenvalue weighted by Gasteiger charge is -2.23. The molecule has 0 bridgehead atoms. The number of amides is 2. The molecule has 4 heterocycles. The lowest BCUT2D eigenvalue weighted by Crippen LogP contribution is -2.21. The Bertz CT molecular complexity index is 1660.